The molecule has 88 valence electrons. The topological polar surface area (TPSA) is 47.8 Å². The van der Waals surface area contributed by atoms with Crippen molar-refractivity contribution in [3.63, 3.8) is 0 Å². The van der Waals surface area contributed by atoms with Crippen molar-refractivity contribution in [1.29, 1.82) is 0 Å². The first-order chi connectivity index (χ1) is 8.11. The molecule has 0 fully saturated rings. The van der Waals surface area contributed by atoms with Crippen LogP contribution in [0.5, 0.6) is 0 Å². The summed E-state index contributed by atoms with van der Waals surface area (Å²) in [7, 11) is 0. The molecule has 0 amide bonds. The maximum atomic E-state index is 11.0. The molecule has 0 aliphatic rings. The molecule has 0 aliphatic carbocycles. The Morgan fingerprint density at radius 1 is 1.35 bits per heavy atom. The molecule has 0 N–H and O–H groups in total. The van der Waals surface area contributed by atoms with E-state index in [0.29, 0.717) is 11.3 Å². The molecule has 2 aromatic heterocycles. The van der Waals surface area contributed by atoms with Gasteiger partial charge in [0.05, 0.1) is 5.56 Å². The molecule has 0 radical (unpaired) electrons. The van der Waals surface area contributed by atoms with Gasteiger partial charge in [0.1, 0.15) is 5.69 Å². The Labute approximate surface area is 100 Å². The molecular formula is C13H15N3O. The molecule has 2 aromatic rings. The first kappa shape index (κ1) is 11.5. The lowest BCUT2D eigenvalue weighted by atomic mass is 10.1. The molecule has 0 aliphatic heterocycles. The number of aromatic nitrogens is 3. The van der Waals surface area contributed by atoms with Crippen molar-refractivity contribution >= 4 is 6.29 Å². The van der Waals surface area contributed by atoms with Gasteiger partial charge in [-0.1, -0.05) is 0 Å². The highest BCUT2D eigenvalue weighted by molar-refractivity contribution is 5.85. The van der Waals surface area contributed by atoms with Crippen LogP contribution in [0.15, 0.2) is 24.7 Å². The Hall–Kier alpha value is -1.97. The Bertz CT molecular complexity index is 543. The molecular weight excluding hydrogens is 214 g/mol. The van der Waals surface area contributed by atoms with Crippen molar-refractivity contribution in [3.05, 3.63) is 35.8 Å². The van der Waals surface area contributed by atoms with Crippen LogP contribution in [0.4, 0.5) is 0 Å². The molecule has 0 bridgehead atoms. The Balaban J connectivity index is 2.54. The SMILES string of the molecule is Cc1cncc(-c2nn(C(C)C)cc2C=O)c1. The fraction of sp³-hybridized carbons (Fsp3) is 0.308. The van der Waals surface area contributed by atoms with Crippen LogP contribution >= 0.6 is 0 Å². The van der Waals surface area contributed by atoms with E-state index in [1.807, 2.05) is 26.8 Å². The minimum absolute atomic E-state index is 0.236. The van der Waals surface area contributed by atoms with Gasteiger partial charge in [0.2, 0.25) is 0 Å². The van der Waals surface area contributed by atoms with Crippen LogP contribution in [-0.2, 0) is 0 Å². The van der Waals surface area contributed by atoms with Crippen molar-refractivity contribution in [1.82, 2.24) is 14.8 Å². The minimum Gasteiger partial charge on any atom is -0.298 e. The van der Waals surface area contributed by atoms with Crippen LogP contribution in [0.1, 0.15) is 35.8 Å². The van der Waals surface area contributed by atoms with Gasteiger partial charge in [0.15, 0.2) is 6.29 Å². The van der Waals surface area contributed by atoms with E-state index in [9.17, 15) is 4.79 Å². The van der Waals surface area contributed by atoms with Gasteiger partial charge in [0, 0.05) is 30.2 Å². The maximum Gasteiger partial charge on any atom is 0.153 e. The summed E-state index contributed by atoms with van der Waals surface area (Å²) in [6.45, 7) is 6.02. The van der Waals surface area contributed by atoms with Crippen molar-refractivity contribution in [2.45, 2.75) is 26.8 Å². The van der Waals surface area contributed by atoms with Crippen LogP contribution in [-0.4, -0.2) is 21.1 Å². The average Bonchev–Trinajstić information content (AvgIpc) is 2.73. The van der Waals surface area contributed by atoms with Gasteiger partial charge in [-0.2, -0.15) is 5.10 Å². The van der Waals surface area contributed by atoms with Crippen LogP contribution in [0.25, 0.3) is 11.3 Å². The Morgan fingerprint density at radius 3 is 2.71 bits per heavy atom. The van der Waals surface area contributed by atoms with Gasteiger partial charge < -0.3 is 0 Å². The van der Waals surface area contributed by atoms with Crippen molar-refractivity contribution in [2.24, 2.45) is 0 Å². The minimum atomic E-state index is 0.236. The number of rotatable bonds is 3. The highest BCUT2D eigenvalue weighted by Gasteiger charge is 2.12. The van der Waals surface area contributed by atoms with Gasteiger partial charge in [-0.3, -0.25) is 14.5 Å². The summed E-state index contributed by atoms with van der Waals surface area (Å²) in [5, 5.41) is 4.44. The number of aldehydes is 1. The summed E-state index contributed by atoms with van der Waals surface area (Å²) in [5.74, 6) is 0. The van der Waals surface area contributed by atoms with Crippen molar-refractivity contribution < 1.29 is 4.79 Å². The summed E-state index contributed by atoms with van der Waals surface area (Å²) in [6, 6.07) is 2.22. The number of nitrogens with zero attached hydrogens (tertiary/aromatic N) is 3. The Morgan fingerprint density at radius 2 is 2.12 bits per heavy atom. The predicted molar refractivity (Wildman–Crippen MR) is 66.0 cm³/mol. The van der Waals surface area contributed by atoms with Gasteiger partial charge in [-0.15, -0.1) is 0 Å². The second-order valence-electron chi connectivity index (χ2n) is 4.38. The highest BCUT2D eigenvalue weighted by atomic mass is 16.1. The largest absolute Gasteiger partial charge is 0.298 e. The van der Waals surface area contributed by atoms with Crippen molar-refractivity contribution in [3.8, 4) is 11.3 Å². The predicted octanol–water partition coefficient (Wildman–Crippen LogP) is 2.65. The molecule has 2 rings (SSSR count). The third-order valence-electron chi connectivity index (χ3n) is 2.56. The van der Waals surface area contributed by atoms with E-state index < -0.39 is 0 Å². The van der Waals surface area contributed by atoms with E-state index in [0.717, 1.165) is 17.4 Å². The number of hydrogen-bond donors (Lipinski definition) is 0. The third-order valence-corrected chi connectivity index (χ3v) is 2.56. The molecule has 0 aromatic carbocycles. The normalized spacial score (nSPS) is 10.8. The fourth-order valence-corrected chi connectivity index (χ4v) is 1.67. The van der Waals surface area contributed by atoms with Gasteiger partial charge in [-0.25, -0.2) is 0 Å². The number of carbonyl (C=O) groups excluding carboxylic acids is 1. The third kappa shape index (κ3) is 2.25. The van der Waals surface area contributed by atoms with Gasteiger partial charge in [0.25, 0.3) is 0 Å². The van der Waals surface area contributed by atoms with E-state index in [4.69, 9.17) is 0 Å². The summed E-state index contributed by atoms with van der Waals surface area (Å²) in [6.07, 6.45) is 6.12. The molecule has 4 heteroatoms. The van der Waals surface area contributed by atoms with E-state index in [1.54, 1.807) is 23.3 Å². The van der Waals surface area contributed by atoms with Gasteiger partial charge in [-0.05, 0) is 32.4 Å². The van der Waals surface area contributed by atoms with Crippen LogP contribution in [0.3, 0.4) is 0 Å². The van der Waals surface area contributed by atoms with Gasteiger partial charge >= 0.3 is 0 Å². The maximum absolute atomic E-state index is 11.0. The lowest BCUT2D eigenvalue weighted by Gasteiger charge is -2.03. The van der Waals surface area contributed by atoms with Crippen LogP contribution < -0.4 is 0 Å². The van der Waals surface area contributed by atoms with E-state index in [-0.39, 0.29) is 6.04 Å². The zero-order valence-electron chi connectivity index (χ0n) is 10.2. The molecule has 0 atom stereocenters. The molecule has 0 spiro atoms. The molecule has 0 saturated heterocycles. The van der Waals surface area contributed by atoms with Crippen LogP contribution in [0.2, 0.25) is 0 Å². The molecule has 0 unspecified atom stereocenters. The molecule has 0 saturated carbocycles. The smallest absolute Gasteiger partial charge is 0.153 e. The lowest BCUT2D eigenvalue weighted by molar-refractivity contribution is 0.112. The molecule has 17 heavy (non-hydrogen) atoms. The summed E-state index contributed by atoms with van der Waals surface area (Å²) < 4.78 is 1.79. The average molecular weight is 229 g/mol. The zero-order valence-corrected chi connectivity index (χ0v) is 10.2. The van der Waals surface area contributed by atoms with E-state index in [2.05, 4.69) is 10.1 Å². The molecule has 2 heterocycles. The number of hydrogen-bond acceptors (Lipinski definition) is 3. The lowest BCUT2D eigenvalue weighted by Crippen LogP contribution is -2.00. The fourth-order valence-electron chi connectivity index (χ4n) is 1.67. The standard InChI is InChI=1S/C13H15N3O/c1-9(2)16-7-12(8-17)13(15-16)11-4-10(3)5-14-6-11/h4-9H,1-3H3. The second-order valence-corrected chi connectivity index (χ2v) is 4.38. The number of carbonyl (C=O) groups is 1. The summed E-state index contributed by atoms with van der Waals surface area (Å²) >= 11 is 0. The van der Waals surface area contributed by atoms with E-state index in [1.165, 1.54) is 0 Å². The molecule has 4 nitrogen and oxygen atoms in total. The monoisotopic (exact) mass is 229 g/mol. The quantitative estimate of drug-likeness (QED) is 0.760. The second kappa shape index (κ2) is 4.49. The number of pyridine rings is 1. The first-order valence-electron chi connectivity index (χ1n) is 5.58. The summed E-state index contributed by atoms with van der Waals surface area (Å²) in [5.41, 5.74) is 3.24. The zero-order chi connectivity index (χ0) is 12.4. The van der Waals surface area contributed by atoms with Crippen molar-refractivity contribution in [2.75, 3.05) is 0 Å². The Kier molecular flexibility index (Phi) is 3.04. The summed E-state index contributed by atoms with van der Waals surface area (Å²) in [4.78, 5) is 15.2. The highest BCUT2D eigenvalue weighted by Crippen LogP contribution is 2.22. The van der Waals surface area contributed by atoms with E-state index >= 15 is 0 Å². The first-order valence-corrected chi connectivity index (χ1v) is 5.58. The number of aryl methyl sites for hydroxylation is 1. The van der Waals surface area contributed by atoms with Crippen LogP contribution in [0, 0.1) is 6.92 Å².